The number of likely N-dealkylation sites (N-methyl/N-ethyl adjacent to an activating group) is 1. The fraction of sp³-hybridized carbons (Fsp3) is 0.227. The summed E-state index contributed by atoms with van der Waals surface area (Å²) in [6.07, 6.45) is 0. The van der Waals surface area contributed by atoms with Crippen LogP contribution in [0.15, 0.2) is 65.1 Å². The summed E-state index contributed by atoms with van der Waals surface area (Å²) in [6, 6.07) is 16.8. The third-order valence-electron chi connectivity index (χ3n) is 4.19. The van der Waals surface area contributed by atoms with Gasteiger partial charge in [0, 0.05) is 7.05 Å². The smallest absolute Gasteiger partial charge is 0.289 e. The Morgan fingerprint density at radius 3 is 2.54 bits per heavy atom. The van der Waals surface area contributed by atoms with E-state index >= 15 is 0 Å². The summed E-state index contributed by atoms with van der Waals surface area (Å²) in [5, 5.41) is 0. The summed E-state index contributed by atoms with van der Waals surface area (Å²) in [5.41, 5.74) is 1.05. The predicted octanol–water partition coefficient (Wildman–Crippen LogP) is 4.46. The number of amides is 1. The topological polar surface area (TPSA) is 51.9 Å². The quantitative estimate of drug-likeness (QED) is 0.576. The van der Waals surface area contributed by atoms with Crippen LogP contribution in [0.3, 0.4) is 0 Å². The van der Waals surface area contributed by atoms with Crippen molar-refractivity contribution in [1.29, 1.82) is 0 Å². The molecule has 0 N–H and O–H groups in total. The fourth-order valence-electron chi connectivity index (χ4n) is 2.56. The van der Waals surface area contributed by atoms with E-state index in [9.17, 15) is 9.18 Å². The van der Waals surface area contributed by atoms with Crippen molar-refractivity contribution in [2.24, 2.45) is 0 Å². The van der Waals surface area contributed by atoms with Crippen LogP contribution in [-0.4, -0.2) is 31.0 Å². The molecule has 0 atom stereocenters. The molecule has 1 aromatic heterocycles. The van der Waals surface area contributed by atoms with Gasteiger partial charge >= 0.3 is 0 Å². The van der Waals surface area contributed by atoms with Gasteiger partial charge in [-0.1, -0.05) is 18.2 Å². The number of carbonyl (C=O) groups is 1. The van der Waals surface area contributed by atoms with Crippen molar-refractivity contribution in [1.82, 2.24) is 4.90 Å². The first-order chi connectivity index (χ1) is 13.5. The number of nitrogens with zero attached hydrogens (tertiary/aromatic N) is 1. The van der Waals surface area contributed by atoms with Crippen LogP contribution in [-0.2, 0) is 6.61 Å². The number of rotatable bonds is 8. The maximum Gasteiger partial charge on any atom is 0.289 e. The molecule has 5 nitrogen and oxygen atoms in total. The van der Waals surface area contributed by atoms with Crippen molar-refractivity contribution >= 4 is 5.91 Å². The molecular weight excluding hydrogens is 361 g/mol. The number of hydrogen-bond donors (Lipinski definition) is 0. The predicted molar refractivity (Wildman–Crippen MR) is 103 cm³/mol. The molecule has 2 aromatic carbocycles. The van der Waals surface area contributed by atoms with E-state index < -0.39 is 0 Å². The molecule has 3 rings (SSSR count). The highest BCUT2D eigenvalue weighted by Gasteiger charge is 2.16. The normalized spacial score (nSPS) is 10.5. The minimum absolute atomic E-state index is 0.152. The SMILES string of the molecule is Cc1ccccc1OCCN(C)C(=O)c1ccc(COc2ccc(F)cc2)o1. The number of furan rings is 1. The highest BCUT2D eigenvalue weighted by Crippen LogP contribution is 2.17. The molecule has 0 spiro atoms. The summed E-state index contributed by atoms with van der Waals surface area (Å²) in [5.74, 6) is 1.51. The Kier molecular flexibility index (Phi) is 6.32. The molecule has 0 aliphatic carbocycles. The lowest BCUT2D eigenvalue weighted by atomic mass is 10.2. The van der Waals surface area contributed by atoms with E-state index in [-0.39, 0.29) is 24.1 Å². The molecule has 0 aliphatic heterocycles. The lowest BCUT2D eigenvalue weighted by Gasteiger charge is -2.16. The van der Waals surface area contributed by atoms with Gasteiger partial charge in [0.2, 0.25) is 0 Å². The van der Waals surface area contributed by atoms with Gasteiger partial charge in [-0.15, -0.1) is 0 Å². The van der Waals surface area contributed by atoms with Crippen molar-refractivity contribution in [3.8, 4) is 11.5 Å². The van der Waals surface area contributed by atoms with Crippen LogP contribution in [0.1, 0.15) is 21.9 Å². The largest absolute Gasteiger partial charge is 0.491 e. The number of benzene rings is 2. The van der Waals surface area contributed by atoms with E-state index in [0.717, 1.165) is 11.3 Å². The van der Waals surface area contributed by atoms with Gasteiger partial charge in [-0.3, -0.25) is 4.79 Å². The van der Waals surface area contributed by atoms with Gasteiger partial charge in [-0.05, 0) is 55.0 Å². The summed E-state index contributed by atoms with van der Waals surface area (Å²) < 4.78 is 29.7. The molecule has 1 heterocycles. The molecule has 146 valence electrons. The van der Waals surface area contributed by atoms with Gasteiger partial charge in [-0.2, -0.15) is 0 Å². The fourth-order valence-corrected chi connectivity index (χ4v) is 2.56. The van der Waals surface area contributed by atoms with Gasteiger partial charge in [0.1, 0.15) is 36.3 Å². The zero-order valence-corrected chi connectivity index (χ0v) is 15.9. The van der Waals surface area contributed by atoms with Crippen LogP contribution in [0.5, 0.6) is 11.5 Å². The zero-order valence-electron chi connectivity index (χ0n) is 15.9. The molecule has 28 heavy (non-hydrogen) atoms. The number of ether oxygens (including phenoxy) is 2. The summed E-state index contributed by atoms with van der Waals surface area (Å²) in [4.78, 5) is 14.0. The first kappa shape index (κ1) is 19.5. The van der Waals surface area contributed by atoms with E-state index in [2.05, 4.69) is 0 Å². The van der Waals surface area contributed by atoms with Crippen LogP contribution in [0, 0.1) is 12.7 Å². The van der Waals surface area contributed by atoms with Gasteiger partial charge in [0.15, 0.2) is 5.76 Å². The highest BCUT2D eigenvalue weighted by molar-refractivity contribution is 5.91. The summed E-state index contributed by atoms with van der Waals surface area (Å²) in [7, 11) is 1.70. The van der Waals surface area contributed by atoms with Crippen LogP contribution in [0.4, 0.5) is 4.39 Å². The van der Waals surface area contributed by atoms with E-state index in [0.29, 0.717) is 24.7 Å². The first-order valence-electron chi connectivity index (χ1n) is 8.94. The molecule has 6 heteroatoms. The Hall–Kier alpha value is -3.28. The van der Waals surface area contributed by atoms with E-state index in [1.807, 2.05) is 31.2 Å². The first-order valence-corrected chi connectivity index (χ1v) is 8.94. The number of hydrogen-bond acceptors (Lipinski definition) is 4. The third kappa shape index (κ3) is 5.13. The average molecular weight is 383 g/mol. The molecule has 0 radical (unpaired) electrons. The second-order valence-electron chi connectivity index (χ2n) is 6.35. The molecule has 0 aliphatic rings. The van der Waals surface area contributed by atoms with E-state index in [1.54, 1.807) is 24.1 Å². The van der Waals surface area contributed by atoms with E-state index in [4.69, 9.17) is 13.9 Å². The Balaban J connectivity index is 1.48. The molecule has 0 saturated carbocycles. The molecular formula is C22H22FNO4. The second-order valence-corrected chi connectivity index (χ2v) is 6.35. The third-order valence-corrected chi connectivity index (χ3v) is 4.19. The maximum atomic E-state index is 12.9. The highest BCUT2D eigenvalue weighted by atomic mass is 19.1. The van der Waals surface area contributed by atoms with Crippen LogP contribution >= 0.6 is 0 Å². The van der Waals surface area contributed by atoms with Crippen molar-refractivity contribution in [3.05, 3.63) is 83.6 Å². The Morgan fingerprint density at radius 2 is 1.79 bits per heavy atom. The van der Waals surface area contributed by atoms with Crippen molar-refractivity contribution in [3.63, 3.8) is 0 Å². The van der Waals surface area contributed by atoms with Gasteiger partial charge < -0.3 is 18.8 Å². The molecule has 0 fully saturated rings. The van der Waals surface area contributed by atoms with Gasteiger partial charge in [0.05, 0.1) is 6.54 Å². The van der Waals surface area contributed by atoms with Crippen LogP contribution < -0.4 is 9.47 Å². The number of aryl methyl sites for hydroxylation is 1. The molecule has 1 amide bonds. The summed E-state index contributed by atoms with van der Waals surface area (Å²) in [6.45, 7) is 2.94. The summed E-state index contributed by atoms with van der Waals surface area (Å²) >= 11 is 0. The Labute approximate surface area is 163 Å². The standard InChI is InChI=1S/C22H22FNO4/c1-16-5-3-4-6-20(16)26-14-13-24(2)22(25)21-12-11-19(28-21)15-27-18-9-7-17(23)8-10-18/h3-12H,13-15H2,1-2H3. The minimum Gasteiger partial charge on any atom is -0.491 e. The Morgan fingerprint density at radius 1 is 1.04 bits per heavy atom. The molecule has 0 bridgehead atoms. The van der Waals surface area contributed by atoms with E-state index in [1.165, 1.54) is 24.3 Å². The molecule has 3 aromatic rings. The zero-order chi connectivity index (χ0) is 19.9. The van der Waals surface area contributed by atoms with Crippen molar-refractivity contribution in [2.75, 3.05) is 20.2 Å². The maximum absolute atomic E-state index is 12.9. The lowest BCUT2D eigenvalue weighted by molar-refractivity contribution is 0.0738. The Bertz CT molecular complexity index is 920. The number of para-hydroxylation sites is 1. The average Bonchev–Trinajstić information content (AvgIpc) is 3.17. The monoisotopic (exact) mass is 383 g/mol. The molecule has 0 unspecified atom stereocenters. The minimum atomic E-state index is -0.326. The number of halogens is 1. The number of carbonyl (C=O) groups excluding carboxylic acids is 1. The van der Waals surface area contributed by atoms with Gasteiger partial charge in [0.25, 0.3) is 5.91 Å². The second kappa shape index (κ2) is 9.08. The van der Waals surface area contributed by atoms with Crippen molar-refractivity contribution in [2.45, 2.75) is 13.5 Å². The molecule has 0 saturated heterocycles. The van der Waals surface area contributed by atoms with Gasteiger partial charge in [-0.25, -0.2) is 4.39 Å². The van der Waals surface area contributed by atoms with Crippen LogP contribution in [0.2, 0.25) is 0 Å². The lowest BCUT2D eigenvalue weighted by Crippen LogP contribution is -2.30. The van der Waals surface area contributed by atoms with Crippen molar-refractivity contribution < 1.29 is 23.1 Å². The van der Waals surface area contributed by atoms with Crippen LogP contribution in [0.25, 0.3) is 0 Å².